The van der Waals surface area contributed by atoms with Crippen molar-refractivity contribution < 1.29 is 19.4 Å². The van der Waals surface area contributed by atoms with E-state index < -0.39 is 11.8 Å². The Hall–Kier alpha value is -2.76. The lowest BCUT2D eigenvalue weighted by molar-refractivity contribution is 0.0694. The third kappa shape index (κ3) is 2.92. The van der Waals surface area contributed by atoms with Crippen LogP contribution in [0.1, 0.15) is 10.4 Å². The maximum absolute atomic E-state index is 13.3. The summed E-state index contributed by atoms with van der Waals surface area (Å²) in [5, 5.41) is 25.6. The minimum absolute atomic E-state index is 0.0486. The fourth-order valence-electron chi connectivity index (χ4n) is 1.40. The maximum atomic E-state index is 13.3. The average molecular weight is 260 g/mol. The molecule has 2 aromatic carbocycles. The predicted octanol–water partition coefficient (Wildman–Crippen LogP) is 3.64. The Bertz CT molecular complexity index is 656. The van der Waals surface area contributed by atoms with E-state index >= 15 is 0 Å². The number of carboxylic acids is 1. The van der Waals surface area contributed by atoms with Crippen LogP contribution in [0.25, 0.3) is 0 Å². The molecule has 2 rings (SSSR count). The van der Waals surface area contributed by atoms with Gasteiger partial charge in [-0.05, 0) is 30.3 Å². The van der Waals surface area contributed by atoms with Crippen molar-refractivity contribution in [1.29, 1.82) is 0 Å². The van der Waals surface area contributed by atoms with E-state index in [9.17, 15) is 14.3 Å². The highest BCUT2D eigenvalue weighted by molar-refractivity contribution is 5.91. The van der Waals surface area contributed by atoms with E-state index in [0.717, 1.165) is 6.07 Å². The molecule has 0 radical (unpaired) electrons. The molecule has 19 heavy (non-hydrogen) atoms. The first kappa shape index (κ1) is 12.7. The lowest BCUT2D eigenvalue weighted by Crippen LogP contribution is -1.95. The summed E-state index contributed by atoms with van der Waals surface area (Å²) < 4.78 is 13.3. The van der Waals surface area contributed by atoms with Crippen molar-refractivity contribution in [2.75, 3.05) is 0 Å². The zero-order valence-electron chi connectivity index (χ0n) is 9.62. The number of rotatable bonds is 3. The second kappa shape index (κ2) is 5.26. The summed E-state index contributed by atoms with van der Waals surface area (Å²) in [6, 6.07) is 9.55. The molecule has 0 saturated heterocycles. The molecule has 0 unspecified atom stereocenters. The zero-order valence-corrected chi connectivity index (χ0v) is 9.62. The van der Waals surface area contributed by atoms with Crippen LogP contribution in [0, 0.1) is 5.82 Å². The zero-order chi connectivity index (χ0) is 13.8. The second-order valence-corrected chi connectivity index (χ2v) is 3.66. The molecule has 0 bridgehead atoms. The van der Waals surface area contributed by atoms with Gasteiger partial charge in [-0.15, -0.1) is 5.11 Å². The number of nitrogens with zero attached hydrogens (tertiary/aromatic N) is 2. The molecule has 6 heteroatoms. The van der Waals surface area contributed by atoms with E-state index in [-0.39, 0.29) is 22.7 Å². The van der Waals surface area contributed by atoms with E-state index in [4.69, 9.17) is 5.11 Å². The van der Waals surface area contributed by atoms with Gasteiger partial charge in [-0.25, -0.2) is 9.18 Å². The Balaban J connectivity index is 2.32. The van der Waals surface area contributed by atoms with Crippen molar-refractivity contribution in [2.24, 2.45) is 10.2 Å². The van der Waals surface area contributed by atoms with Crippen LogP contribution in [-0.2, 0) is 0 Å². The van der Waals surface area contributed by atoms with Crippen LogP contribution < -0.4 is 0 Å². The van der Waals surface area contributed by atoms with Crippen molar-refractivity contribution in [2.45, 2.75) is 0 Å². The van der Waals surface area contributed by atoms with Gasteiger partial charge in [0, 0.05) is 0 Å². The number of phenols is 1. The normalized spacial score (nSPS) is 10.8. The Morgan fingerprint density at radius 3 is 2.53 bits per heavy atom. The molecule has 2 aromatic rings. The Morgan fingerprint density at radius 2 is 1.84 bits per heavy atom. The first-order valence-electron chi connectivity index (χ1n) is 5.30. The van der Waals surface area contributed by atoms with Crippen molar-refractivity contribution in [3.63, 3.8) is 0 Å². The van der Waals surface area contributed by atoms with Gasteiger partial charge < -0.3 is 10.2 Å². The van der Waals surface area contributed by atoms with E-state index in [1.165, 1.54) is 30.3 Å². The highest BCUT2D eigenvalue weighted by atomic mass is 19.1. The average Bonchev–Trinajstić information content (AvgIpc) is 2.39. The highest BCUT2D eigenvalue weighted by Crippen LogP contribution is 2.25. The van der Waals surface area contributed by atoms with E-state index in [0.29, 0.717) is 0 Å². The predicted molar refractivity (Wildman–Crippen MR) is 65.6 cm³/mol. The van der Waals surface area contributed by atoms with Crippen LogP contribution in [0.2, 0.25) is 0 Å². The number of aromatic hydroxyl groups is 1. The molecule has 0 aliphatic carbocycles. The van der Waals surface area contributed by atoms with Crippen molar-refractivity contribution in [3.05, 3.63) is 53.8 Å². The molecule has 0 aromatic heterocycles. The van der Waals surface area contributed by atoms with Crippen LogP contribution >= 0.6 is 0 Å². The summed E-state index contributed by atoms with van der Waals surface area (Å²) in [6.45, 7) is 0. The van der Waals surface area contributed by atoms with Gasteiger partial charge in [-0.3, -0.25) is 0 Å². The molecule has 96 valence electrons. The van der Waals surface area contributed by atoms with Gasteiger partial charge in [-0.2, -0.15) is 5.11 Å². The quantitative estimate of drug-likeness (QED) is 0.826. The van der Waals surface area contributed by atoms with Crippen molar-refractivity contribution in [1.82, 2.24) is 0 Å². The van der Waals surface area contributed by atoms with Crippen LogP contribution in [-0.4, -0.2) is 16.2 Å². The Morgan fingerprint density at radius 1 is 1.11 bits per heavy atom. The number of carbonyl (C=O) groups is 1. The van der Waals surface area contributed by atoms with Gasteiger partial charge in [0.15, 0.2) is 5.82 Å². The molecule has 0 saturated carbocycles. The monoisotopic (exact) mass is 260 g/mol. The Kier molecular flexibility index (Phi) is 3.51. The van der Waals surface area contributed by atoms with E-state index in [1.807, 2.05) is 0 Å². The van der Waals surface area contributed by atoms with Crippen LogP contribution in [0.3, 0.4) is 0 Å². The summed E-state index contributed by atoms with van der Waals surface area (Å²) in [6.07, 6.45) is 0. The highest BCUT2D eigenvalue weighted by Gasteiger charge is 2.09. The maximum Gasteiger partial charge on any atom is 0.339 e. The molecule has 0 aliphatic rings. The molecule has 0 spiro atoms. The number of hydrogen-bond acceptors (Lipinski definition) is 4. The molecule has 0 aliphatic heterocycles. The van der Waals surface area contributed by atoms with Crippen LogP contribution in [0.4, 0.5) is 15.8 Å². The first-order chi connectivity index (χ1) is 9.08. The molecule has 0 fully saturated rings. The van der Waals surface area contributed by atoms with Gasteiger partial charge in [0.05, 0.1) is 5.69 Å². The first-order valence-corrected chi connectivity index (χ1v) is 5.30. The van der Waals surface area contributed by atoms with Gasteiger partial charge in [-0.1, -0.05) is 12.1 Å². The third-order valence-electron chi connectivity index (χ3n) is 2.34. The molecule has 0 atom stereocenters. The molecule has 5 nitrogen and oxygen atoms in total. The largest absolute Gasteiger partial charge is 0.507 e. The molecule has 0 amide bonds. The summed E-state index contributed by atoms with van der Waals surface area (Å²) in [5.74, 6) is -2.17. The van der Waals surface area contributed by atoms with Gasteiger partial charge >= 0.3 is 5.97 Å². The fraction of sp³-hybridized carbons (Fsp3) is 0. The minimum atomic E-state index is -1.28. The summed E-state index contributed by atoms with van der Waals surface area (Å²) in [4.78, 5) is 10.8. The number of hydrogen-bond donors (Lipinski definition) is 2. The van der Waals surface area contributed by atoms with Crippen LogP contribution in [0.15, 0.2) is 52.7 Å². The smallest absolute Gasteiger partial charge is 0.339 e. The lowest BCUT2D eigenvalue weighted by Gasteiger charge is -2.00. The minimum Gasteiger partial charge on any atom is -0.507 e. The van der Waals surface area contributed by atoms with Crippen molar-refractivity contribution >= 4 is 17.3 Å². The number of azo groups is 1. The van der Waals surface area contributed by atoms with E-state index in [2.05, 4.69) is 10.2 Å². The third-order valence-corrected chi connectivity index (χ3v) is 2.34. The number of aromatic carboxylic acids is 1. The lowest BCUT2D eigenvalue weighted by atomic mass is 10.2. The second-order valence-electron chi connectivity index (χ2n) is 3.66. The standard InChI is InChI=1S/C13H9FN2O3/c14-10-3-1-2-4-11(10)16-15-8-5-6-12(17)9(7-8)13(18)19/h1-7,17H,(H,18,19). The molecule has 0 heterocycles. The number of benzene rings is 2. The summed E-state index contributed by atoms with van der Waals surface area (Å²) in [5.41, 5.74) is -0.0316. The SMILES string of the molecule is O=C(O)c1cc(N=Nc2ccccc2F)ccc1O. The molecular formula is C13H9FN2O3. The topological polar surface area (TPSA) is 82.2 Å². The van der Waals surface area contributed by atoms with E-state index in [1.54, 1.807) is 6.07 Å². The number of halogens is 1. The van der Waals surface area contributed by atoms with Crippen molar-refractivity contribution in [3.8, 4) is 5.75 Å². The van der Waals surface area contributed by atoms with Gasteiger partial charge in [0.1, 0.15) is 17.0 Å². The van der Waals surface area contributed by atoms with Gasteiger partial charge in [0.2, 0.25) is 0 Å². The Labute approximate surface area is 107 Å². The van der Waals surface area contributed by atoms with Crippen LogP contribution in [0.5, 0.6) is 5.75 Å². The fourth-order valence-corrected chi connectivity index (χ4v) is 1.40. The molecular weight excluding hydrogens is 251 g/mol. The molecule has 2 N–H and O–H groups in total. The summed E-state index contributed by atoms with van der Waals surface area (Å²) >= 11 is 0. The number of carboxylic acid groups (broad SMARTS) is 1. The van der Waals surface area contributed by atoms with Gasteiger partial charge in [0.25, 0.3) is 0 Å². The summed E-state index contributed by atoms with van der Waals surface area (Å²) in [7, 11) is 0.